The van der Waals surface area contributed by atoms with Crippen molar-refractivity contribution < 1.29 is 4.79 Å². The standard InChI is InChI=1S/C13H16N2O/c1-3-15-13(10(2)16)8-11-5-4-6-12(7-11)9-14/h4-7,13,15H,3,8H2,1-2H3/t13-/m0/s1. The molecule has 0 bridgehead atoms. The maximum atomic E-state index is 11.4. The van der Waals surface area contributed by atoms with Crippen LogP contribution in [0.3, 0.4) is 0 Å². The zero-order valence-corrected chi connectivity index (χ0v) is 9.66. The molecule has 0 saturated carbocycles. The molecule has 0 heterocycles. The summed E-state index contributed by atoms with van der Waals surface area (Å²) in [6.45, 7) is 4.32. The Kier molecular flexibility index (Phi) is 4.68. The first kappa shape index (κ1) is 12.4. The Morgan fingerprint density at radius 1 is 1.56 bits per heavy atom. The molecule has 1 rings (SSSR count). The minimum Gasteiger partial charge on any atom is -0.307 e. The van der Waals surface area contributed by atoms with E-state index in [0.717, 1.165) is 12.1 Å². The van der Waals surface area contributed by atoms with Gasteiger partial charge in [-0.05, 0) is 37.6 Å². The fraction of sp³-hybridized carbons (Fsp3) is 0.385. The smallest absolute Gasteiger partial charge is 0.147 e. The fourth-order valence-corrected chi connectivity index (χ4v) is 1.61. The summed E-state index contributed by atoms with van der Waals surface area (Å²) in [6.07, 6.45) is 0.638. The van der Waals surface area contributed by atoms with Crippen LogP contribution in [0.1, 0.15) is 25.0 Å². The van der Waals surface area contributed by atoms with E-state index in [-0.39, 0.29) is 11.8 Å². The van der Waals surface area contributed by atoms with Gasteiger partial charge in [0.2, 0.25) is 0 Å². The van der Waals surface area contributed by atoms with Gasteiger partial charge in [0.25, 0.3) is 0 Å². The Balaban J connectivity index is 2.77. The van der Waals surface area contributed by atoms with E-state index in [0.29, 0.717) is 12.0 Å². The van der Waals surface area contributed by atoms with E-state index >= 15 is 0 Å². The third-order valence-corrected chi connectivity index (χ3v) is 2.44. The third-order valence-electron chi connectivity index (χ3n) is 2.44. The van der Waals surface area contributed by atoms with Crippen molar-refractivity contribution in [2.45, 2.75) is 26.3 Å². The highest BCUT2D eigenvalue weighted by Crippen LogP contribution is 2.07. The first-order valence-electron chi connectivity index (χ1n) is 5.40. The highest BCUT2D eigenvalue weighted by molar-refractivity contribution is 5.81. The molecule has 3 nitrogen and oxygen atoms in total. The Hall–Kier alpha value is -1.66. The Labute approximate surface area is 96.1 Å². The van der Waals surface area contributed by atoms with Crippen molar-refractivity contribution in [1.82, 2.24) is 5.32 Å². The number of hydrogen-bond donors (Lipinski definition) is 1. The number of carbonyl (C=O) groups excluding carboxylic acids is 1. The molecule has 0 aliphatic carbocycles. The molecule has 1 aromatic carbocycles. The SMILES string of the molecule is CCN[C@@H](Cc1cccc(C#N)c1)C(C)=O. The van der Waals surface area contributed by atoms with E-state index in [2.05, 4.69) is 11.4 Å². The average Bonchev–Trinajstić information content (AvgIpc) is 2.28. The maximum absolute atomic E-state index is 11.4. The molecule has 3 heteroatoms. The molecule has 0 fully saturated rings. The lowest BCUT2D eigenvalue weighted by Crippen LogP contribution is -2.37. The average molecular weight is 216 g/mol. The number of nitriles is 1. The summed E-state index contributed by atoms with van der Waals surface area (Å²) in [5.41, 5.74) is 1.65. The normalized spacial score (nSPS) is 11.8. The molecule has 0 unspecified atom stereocenters. The lowest BCUT2D eigenvalue weighted by molar-refractivity contribution is -0.118. The van der Waals surface area contributed by atoms with E-state index < -0.39 is 0 Å². The van der Waals surface area contributed by atoms with Gasteiger partial charge in [-0.2, -0.15) is 5.26 Å². The van der Waals surface area contributed by atoms with Crippen LogP contribution in [0.15, 0.2) is 24.3 Å². The monoisotopic (exact) mass is 216 g/mol. The highest BCUT2D eigenvalue weighted by Gasteiger charge is 2.13. The molecule has 0 saturated heterocycles. The van der Waals surface area contributed by atoms with E-state index in [1.807, 2.05) is 25.1 Å². The van der Waals surface area contributed by atoms with Gasteiger partial charge >= 0.3 is 0 Å². The molecule has 1 N–H and O–H groups in total. The van der Waals surface area contributed by atoms with Crippen molar-refractivity contribution in [3.05, 3.63) is 35.4 Å². The van der Waals surface area contributed by atoms with Crippen molar-refractivity contribution in [2.75, 3.05) is 6.54 Å². The molecule has 1 aromatic rings. The fourth-order valence-electron chi connectivity index (χ4n) is 1.61. The highest BCUT2D eigenvalue weighted by atomic mass is 16.1. The van der Waals surface area contributed by atoms with Crippen LogP contribution in [0.4, 0.5) is 0 Å². The van der Waals surface area contributed by atoms with E-state index in [1.54, 1.807) is 13.0 Å². The minimum absolute atomic E-state index is 0.129. The Bertz CT molecular complexity index is 407. The number of nitrogens with zero attached hydrogens (tertiary/aromatic N) is 1. The summed E-state index contributed by atoms with van der Waals surface area (Å²) in [5, 5.41) is 11.9. The molecule has 0 radical (unpaired) electrons. The largest absolute Gasteiger partial charge is 0.307 e. The summed E-state index contributed by atoms with van der Waals surface area (Å²) >= 11 is 0. The molecule has 0 aromatic heterocycles. The van der Waals surface area contributed by atoms with Crippen LogP contribution in [0.5, 0.6) is 0 Å². The van der Waals surface area contributed by atoms with Crippen LogP contribution in [0, 0.1) is 11.3 Å². The summed E-state index contributed by atoms with van der Waals surface area (Å²) < 4.78 is 0. The molecule has 84 valence electrons. The number of rotatable bonds is 5. The van der Waals surface area contributed by atoms with Crippen LogP contribution in [-0.2, 0) is 11.2 Å². The van der Waals surface area contributed by atoms with Gasteiger partial charge in [0, 0.05) is 0 Å². The molecule has 0 aliphatic heterocycles. The number of likely N-dealkylation sites (N-methyl/N-ethyl adjacent to an activating group) is 1. The van der Waals surface area contributed by atoms with Crippen molar-refractivity contribution in [1.29, 1.82) is 5.26 Å². The zero-order valence-electron chi connectivity index (χ0n) is 9.66. The van der Waals surface area contributed by atoms with Gasteiger partial charge in [-0.3, -0.25) is 4.79 Å². The Morgan fingerprint density at radius 3 is 2.88 bits per heavy atom. The van der Waals surface area contributed by atoms with Gasteiger partial charge in [-0.15, -0.1) is 0 Å². The predicted octanol–water partition coefficient (Wildman–Crippen LogP) is 1.67. The van der Waals surface area contributed by atoms with Crippen LogP contribution < -0.4 is 5.32 Å². The molecule has 0 aliphatic rings. The van der Waals surface area contributed by atoms with Gasteiger partial charge in [0.05, 0.1) is 17.7 Å². The van der Waals surface area contributed by atoms with E-state index in [9.17, 15) is 4.79 Å². The molecule has 16 heavy (non-hydrogen) atoms. The van der Waals surface area contributed by atoms with Gasteiger partial charge in [-0.1, -0.05) is 19.1 Å². The minimum atomic E-state index is -0.154. The number of Topliss-reactive ketones (excluding diaryl/α,β-unsaturated/α-hetero) is 1. The number of ketones is 1. The number of nitrogens with one attached hydrogen (secondary N) is 1. The zero-order chi connectivity index (χ0) is 12.0. The van der Waals surface area contributed by atoms with E-state index in [4.69, 9.17) is 5.26 Å². The van der Waals surface area contributed by atoms with Gasteiger partial charge in [0.15, 0.2) is 0 Å². The maximum Gasteiger partial charge on any atom is 0.147 e. The lowest BCUT2D eigenvalue weighted by atomic mass is 10.0. The van der Waals surface area contributed by atoms with Crippen LogP contribution in [0.2, 0.25) is 0 Å². The lowest BCUT2D eigenvalue weighted by Gasteiger charge is -2.14. The molecular formula is C13H16N2O. The second-order valence-electron chi connectivity index (χ2n) is 3.74. The summed E-state index contributed by atoms with van der Waals surface area (Å²) in [4.78, 5) is 11.4. The third kappa shape index (κ3) is 3.48. The first-order valence-corrected chi connectivity index (χ1v) is 5.40. The second-order valence-corrected chi connectivity index (χ2v) is 3.74. The molecule has 0 spiro atoms. The number of hydrogen-bond acceptors (Lipinski definition) is 3. The van der Waals surface area contributed by atoms with Gasteiger partial charge < -0.3 is 5.32 Å². The number of benzene rings is 1. The summed E-state index contributed by atoms with van der Waals surface area (Å²) in [6, 6.07) is 9.32. The van der Waals surface area contributed by atoms with Crippen LogP contribution in [0.25, 0.3) is 0 Å². The van der Waals surface area contributed by atoms with Gasteiger partial charge in [-0.25, -0.2) is 0 Å². The second kappa shape index (κ2) is 6.04. The van der Waals surface area contributed by atoms with Crippen molar-refractivity contribution in [3.8, 4) is 6.07 Å². The molecular weight excluding hydrogens is 200 g/mol. The van der Waals surface area contributed by atoms with Crippen molar-refractivity contribution in [3.63, 3.8) is 0 Å². The molecule has 0 amide bonds. The first-order chi connectivity index (χ1) is 7.67. The summed E-state index contributed by atoms with van der Waals surface area (Å²) in [5.74, 6) is 0.129. The van der Waals surface area contributed by atoms with Crippen LogP contribution >= 0.6 is 0 Å². The molecule has 1 atom stereocenters. The Morgan fingerprint density at radius 2 is 2.31 bits per heavy atom. The summed E-state index contributed by atoms with van der Waals surface area (Å²) in [7, 11) is 0. The van der Waals surface area contributed by atoms with Crippen LogP contribution in [-0.4, -0.2) is 18.4 Å². The topological polar surface area (TPSA) is 52.9 Å². The quantitative estimate of drug-likeness (QED) is 0.814. The van der Waals surface area contributed by atoms with Crippen molar-refractivity contribution >= 4 is 5.78 Å². The van der Waals surface area contributed by atoms with E-state index in [1.165, 1.54) is 0 Å². The van der Waals surface area contributed by atoms with Crippen molar-refractivity contribution in [2.24, 2.45) is 0 Å². The number of carbonyl (C=O) groups is 1. The van der Waals surface area contributed by atoms with Gasteiger partial charge in [0.1, 0.15) is 5.78 Å². The predicted molar refractivity (Wildman–Crippen MR) is 63.0 cm³/mol.